The van der Waals surface area contributed by atoms with Gasteiger partial charge in [0.05, 0.1) is 20.6 Å². The van der Waals surface area contributed by atoms with E-state index in [1.807, 2.05) is 23.1 Å². The zero-order valence-corrected chi connectivity index (χ0v) is 12.5. The van der Waals surface area contributed by atoms with Crippen molar-refractivity contribution in [1.29, 1.82) is 0 Å². The largest absolute Gasteiger partial charge is 0.497 e. The molecule has 1 saturated heterocycles. The van der Waals surface area contributed by atoms with Crippen LogP contribution in [0.15, 0.2) is 18.2 Å². The van der Waals surface area contributed by atoms with Crippen LogP contribution in [0.25, 0.3) is 0 Å². The van der Waals surface area contributed by atoms with E-state index >= 15 is 0 Å². The number of hydrogen-bond donors (Lipinski definition) is 0. The Kier molecular flexibility index (Phi) is 4.88. The Morgan fingerprint density at radius 2 is 1.95 bits per heavy atom. The number of ether oxygens (including phenoxy) is 2. The highest BCUT2D eigenvalue weighted by atomic mass is 16.5. The van der Waals surface area contributed by atoms with Gasteiger partial charge in [0.2, 0.25) is 5.91 Å². The lowest BCUT2D eigenvalue weighted by Crippen LogP contribution is -2.38. The first-order valence-corrected chi connectivity index (χ1v) is 7.12. The quantitative estimate of drug-likeness (QED) is 0.849. The van der Waals surface area contributed by atoms with Crippen molar-refractivity contribution in [2.24, 2.45) is 5.92 Å². The summed E-state index contributed by atoms with van der Waals surface area (Å²) in [7, 11) is 3.25. The first kappa shape index (κ1) is 14.7. The average molecular weight is 277 g/mol. The standard InChI is InChI=1S/C16H23NO3/c1-12-6-8-17(9-7-12)16(18)11-13-10-14(19-2)4-5-15(13)20-3/h4-5,10,12H,6-9,11H2,1-3H3. The van der Waals surface area contributed by atoms with Crippen molar-refractivity contribution in [2.45, 2.75) is 26.2 Å². The molecule has 0 bridgehead atoms. The lowest BCUT2D eigenvalue weighted by molar-refractivity contribution is -0.131. The van der Waals surface area contributed by atoms with E-state index in [1.165, 1.54) is 0 Å². The molecule has 1 amide bonds. The third kappa shape index (κ3) is 3.44. The number of carbonyl (C=O) groups is 1. The maximum atomic E-state index is 12.4. The number of rotatable bonds is 4. The summed E-state index contributed by atoms with van der Waals surface area (Å²) in [5.41, 5.74) is 0.885. The van der Waals surface area contributed by atoms with Gasteiger partial charge in [-0.1, -0.05) is 6.92 Å². The van der Waals surface area contributed by atoms with E-state index in [1.54, 1.807) is 14.2 Å². The van der Waals surface area contributed by atoms with Crippen LogP contribution in [-0.2, 0) is 11.2 Å². The molecule has 0 atom stereocenters. The molecule has 1 heterocycles. The number of benzene rings is 1. The van der Waals surface area contributed by atoms with Crippen molar-refractivity contribution in [3.05, 3.63) is 23.8 Å². The molecule has 0 N–H and O–H groups in total. The third-order valence-electron chi connectivity index (χ3n) is 3.97. The summed E-state index contributed by atoms with van der Waals surface area (Å²) >= 11 is 0. The Morgan fingerprint density at radius 1 is 1.25 bits per heavy atom. The summed E-state index contributed by atoms with van der Waals surface area (Å²) in [5, 5.41) is 0. The maximum absolute atomic E-state index is 12.4. The van der Waals surface area contributed by atoms with Crippen molar-refractivity contribution in [2.75, 3.05) is 27.3 Å². The highest BCUT2D eigenvalue weighted by Gasteiger charge is 2.21. The van der Waals surface area contributed by atoms with Crippen LogP contribution in [-0.4, -0.2) is 38.1 Å². The van der Waals surface area contributed by atoms with Crippen LogP contribution in [0.5, 0.6) is 11.5 Å². The second-order valence-electron chi connectivity index (χ2n) is 5.42. The minimum Gasteiger partial charge on any atom is -0.497 e. The first-order valence-electron chi connectivity index (χ1n) is 7.12. The highest BCUT2D eigenvalue weighted by Crippen LogP contribution is 2.25. The summed E-state index contributed by atoms with van der Waals surface area (Å²) in [5.74, 6) is 2.39. The molecule has 1 aromatic carbocycles. The summed E-state index contributed by atoms with van der Waals surface area (Å²) in [6.45, 7) is 3.98. The minimum absolute atomic E-state index is 0.170. The number of piperidine rings is 1. The predicted molar refractivity (Wildman–Crippen MR) is 78.2 cm³/mol. The molecule has 0 radical (unpaired) electrons. The van der Waals surface area contributed by atoms with Crippen LogP contribution in [0, 0.1) is 5.92 Å². The Bertz CT molecular complexity index is 465. The van der Waals surface area contributed by atoms with Gasteiger partial charge in [-0.25, -0.2) is 0 Å². The van der Waals surface area contributed by atoms with Gasteiger partial charge in [0, 0.05) is 18.7 Å². The van der Waals surface area contributed by atoms with Gasteiger partial charge in [-0.2, -0.15) is 0 Å². The van der Waals surface area contributed by atoms with Crippen molar-refractivity contribution < 1.29 is 14.3 Å². The van der Waals surface area contributed by atoms with E-state index in [2.05, 4.69) is 6.92 Å². The van der Waals surface area contributed by atoms with Crippen molar-refractivity contribution in [1.82, 2.24) is 4.90 Å². The fourth-order valence-corrected chi connectivity index (χ4v) is 2.55. The Hall–Kier alpha value is -1.71. The van der Waals surface area contributed by atoms with Gasteiger partial charge in [0.15, 0.2) is 0 Å². The summed E-state index contributed by atoms with van der Waals surface area (Å²) in [6, 6.07) is 5.57. The van der Waals surface area contributed by atoms with Gasteiger partial charge in [-0.3, -0.25) is 4.79 Å². The smallest absolute Gasteiger partial charge is 0.227 e. The van der Waals surface area contributed by atoms with Crippen LogP contribution in [0.4, 0.5) is 0 Å². The zero-order valence-electron chi connectivity index (χ0n) is 12.5. The lowest BCUT2D eigenvalue weighted by Gasteiger charge is -2.30. The van der Waals surface area contributed by atoms with Gasteiger partial charge in [-0.05, 0) is 37.0 Å². The van der Waals surface area contributed by atoms with Crippen LogP contribution in [0.2, 0.25) is 0 Å². The molecule has 0 aromatic heterocycles. The zero-order chi connectivity index (χ0) is 14.5. The molecule has 0 spiro atoms. The van der Waals surface area contributed by atoms with Crippen LogP contribution >= 0.6 is 0 Å². The molecule has 0 saturated carbocycles. The number of hydrogen-bond acceptors (Lipinski definition) is 3. The van der Waals surface area contributed by atoms with Gasteiger partial charge in [-0.15, -0.1) is 0 Å². The van der Waals surface area contributed by atoms with Crippen molar-refractivity contribution in [3.8, 4) is 11.5 Å². The molecule has 2 rings (SSSR count). The molecular formula is C16H23NO3. The van der Waals surface area contributed by atoms with Crippen molar-refractivity contribution in [3.63, 3.8) is 0 Å². The molecule has 4 heteroatoms. The molecule has 0 unspecified atom stereocenters. The molecule has 1 aliphatic rings. The molecule has 110 valence electrons. The van der Waals surface area contributed by atoms with Gasteiger partial charge in [0.25, 0.3) is 0 Å². The van der Waals surface area contributed by atoms with E-state index in [0.29, 0.717) is 6.42 Å². The number of likely N-dealkylation sites (tertiary alicyclic amines) is 1. The van der Waals surface area contributed by atoms with E-state index in [-0.39, 0.29) is 5.91 Å². The third-order valence-corrected chi connectivity index (χ3v) is 3.97. The SMILES string of the molecule is COc1ccc(OC)c(CC(=O)N2CCC(C)CC2)c1. The monoisotopic (exact) mass is 277 g/mol. The normalized spacial score (nSPS) is 16.1. The molecule has 4 nitrogen and oxygen atoms in total. The predicted octanol–water partition coefficient (Wildman–Crippen LogP) is 2.50. The van der Waals surface area contributed by atoms with E-state index in [9.17, 15) is 4.79 Å². The number of nitrogens with zero attached hydrogens (tertiary/aromatic N) is 1. The molecule has 0 aliphatic carbocycles. The van der Waals surface area contributed by atoms with Crippen molar-refractivity contribution >= 4 is 5.91 Å². The summed E-state index contributed by atoms with van der Waals surface area (Å²) < 4.78 is 10.5. The Balaban J connectivity index is 2.06. The molecule has 1 aliphatic heterocycles. The maximum Gasteiger partial charge on any atom is 0.227 e. The van der Waals surface area contributed by atoms with Gasteiger partial charge >= 0.3 is 0 Å². The number of carbonyl (C=O) groups excluding carboxylic acids is 1. The number of amides is 1. The van der Waals surface area contributed by atoms with Crippen LogP contribution < -0.4 is 9.47 Å². The Morgan fingerprint density at radius 3 is 2.55 bits per heavy atom. The minimum atomic E-state index is 0.170. The van der Waals surface area contributed by atoms with E-state index in [4.69, 9.17) is 9.47 Å². The molecular weight excluding hydrogens is 254 g/mol. The topological polar surface area (TPSA) is 38.8 Å². The molecule has 1 aromatic rings. The summed E-state index contributed by atoms with van der Waals surface area (Å²) in [6.07, 6.45) is 2.57. The second-order valence-corrected chi connectivity index (χ2v) is 5.42. The lowest BCUT2D eigenvalue weighted by atomic mass is 9.98. The van der Waals surface area contributed by atoms with Crippen LogP contribution in [0.1, 0.15) is 25.3 Å². The number of methoxy groups -OCH3 is 2. The Labute approximate surface area is 120 Å². The second kappa shape index (κ2) is 6.64. The van der Waals surface area contributed by atoms with Gasteiger partial charge < -0.3 is 14.4 Å². The van der Waals surface area contributed by atoms with Crippen LogP contribution in [0.3, 0.4) is 0 Å². The fraction of sp³-hybridized carbons (Fsp3) is 0.562. The van der Waals surface area contributed by atoms with Gasteiger partial charge in [0.1, 0.15) is 11.5 Å². The van der Waals surface area contributed by atoms with E-state index in [0.717, 1.165) is 48.9 Å². The molecule has 20 heavy (non-hydrogen) atoms. The summed E-state index contributed by atoms with van der Waals surface area (Å²) in [4.78, 5) is 14.3. The fourth-order valence-electron chi connectivity index (χ4n) is 2.55. The molecule has 1 fully saturated rings. The highest BCUT2D eigenvalue weighted by molar-refractivity contribution is 5.79. The van der Waals surface area contributed by atoms with E-state index < -0.39 is 0 Å². The first-order chi connectivity index (χ1) is 9.63. The average Bonchev–Trinajstić information content (AvgIpc) is 2.47.